The van der Waals surface area contributed by atoms with Crippen molar-refractivity contribution in [3.05, 3.63) is 407 Å². The van der Waals surface area contributed by atoms with Gasteiger partial charge in [-0.25, -0.2) is 0 Å². The fraction of sp³-hybridized carbons (Fsp3) is 0.149. The Bertz CT molecular complexity index is 9180. The Labute approximate surface area is 784 Å². The molecule has 636 valence electrons. The van der Waals surface area contributed by atoms with E-state index >= 15 is 0 Å². The first-order valence-corrected chi connectivity index (χ1v) is 48.4. The van der Waals surface area contributed by atoms with Crippen LogP contribution in [-0.4, -0.2) is 0 Å². The highest BCUT2D eigenvalue weighted by Gasteiger charge is 2.44. The van der Waals surface area contributed by atoms with E-state index in [1.807, 2.05) is 0 Å². The lowest BCUT2D eigenvalue weighted by molar-refractivity contribution is 0.569. The maximum atomic E-state index is 2.52. The predicted molar refractivity (Wildman–Crippen MR) is 573 cm³/mol. The molecule has 23 aromatic carbocycles. The molecule has 0 heterocycles. The quantitative estimate of drug-likeness (QED) is 0.154. The average Bonchev–Trinajstić information content (AvgIpc) is 1.51. The largest absolute Gasteiger partial charge is 0.0622 e. The molecule has 7 aliphatic rings. The first kappa shape index (κ1) is 77.9. The van der Waals surface area contributed by atoms with Gasteiger partial charge in [0.25, 0.3) is 0 Å². The van der Waals surface area contributed by atoms with Gasteiger partial charge >= 0.3 is 0 Å². The average molecular weight is 1710 g/mol. The highest BCUT2D eigenvalue weighted by Crippen LogP contribution is 2.64. The molecule has 7 aliphatic carbocycles. The van der Waals surface area contributed by atoms with Crippen molar-refractivity contribution < 1.29 is 0 Å². The van der Waals surface area contributed by atoms with Crippen LogP contribution >= 0.6 is 0 Å². The van der Waals surface area contributed by atoms with E-state index in [2.05, 4.69) is 449 Å². The summed E-state index contributed by atoms with van der Waals surface area (Å²) in [4.78, 5) is 0. The molecule has 0 fully saturated rings. The van der Waals surface area contributed by atoms with Crippen LogP contribution in [0.5, 0.6) is 0 Å². The fourth-order valence-electron chi connectivity index (χ4n) is 26.4. The van der Waals surface area contributed by atoms with E-state index in [1.165, 1.54) is 308 Å². The molecule has 0 aliphatic heterocycles. The zero-order valence-corrected chi connectivity index (χ0v) is 78.5. The third-order valence-corrected chi connectivity index (χ3v) is 33.3. The van der Waals surface area contributed by atoms with Gasteiger partial charge in [-0.1, -0.05) is 370 Å². The third-order valence-electron chi connectivity index (χ3n) is 33.3. The van der Waals surface area contributed by atoms with Gasteiger partial charge in [-0.15, -0.1) is 0 Å². The molecule has 0 atom stereocenters. The molecule has 0 heteroatoms. The van der Waals surface area contributed by atoms with Crippen molar-refractivity contribution in [2.24, 2.45) is 0 Å². The smallest absolute Gasteiger partial charge is 0.0159 e. The van der Waals surface area contributed by atoms with Gasteiger partial charge in [-0.3, -0.25) is 0 Å². The van der Waals surface area contributed by atoms with Gasteiger partial charge in [0, 0.05) is 21.7 Å². The van der Waals surface area contributed by atoms with Crippen molar-refractivity contribution in [2.45, 2.75) is 129 Å². The molecule has 0 nitrogen and oxygen atoms in total. The fourth-order valence-corrected chi connectivity index (χ4v) is 26.4. The van der Waals surface area contributed by atoms with Gasteiger partial charge < -0.3 is 0 Å². The minimum atomic E-state index is -0.0219. The van der Waals surface area contributed by atoms with Crippen molar-refractivity contribution in [1.82, 2.24) is 0 Å². The molecule has 0 aromatic heterocycles. The SMILES string of the molecule is CC(C)(C)c1cc(-c2cc3ccc4ccc5c6c(cc(c2)c3c46)-c2cc3c(cc2-5)C(C)(C)c2ccccc2-3)cc(C(C)(C)C)c1.CC1(C)c2ccccc2-c2cc3c(cc21)-c1ccc2ccc4c(-c5ccccc5)cc(-c5ccccc5)c5cc-3c1c2c45.CC1(C)c2ccccc2-c2ccc(-c3ccc4cc5c6c(ccc7ccc3c4c76)-c3cc4c(cc3-5)-c3ccccc3C4(C)C)cc21. The summed E-state index contributed by atoms with van der Waals surface area (Å²) in [5.74, 6) is 0. The third kappa shape index (κ3) is 10.4. The number of fused-ring (bicyclic) bond motifs is 21. The Morgan fingerprint density at radius 3 is 0.925 bits per heavy atom. The van der Waals surface area contributed by atoms with Crippen molar-refractivity contribution in [3.8, 4) is 156 Å². The molecule has 0 N–H and O–H groups in total. The van der Waals surface area contributed by atoms with E-state index in [-0.39, 0.29) is 32.5 Å². The summed E-state index contributed by atoms with van der Waals surface area (Å²) in [6.45, 7) is 33.0. The minimum absolute atomic E-state index is 0.0107. The summed E-state index contributed by atoms with van der Waals surface area (Å²) >= 11 is 0. The summed E-state index contributed by atoms with van der Waals surface area (Å²) in [7, 11) is 0. The van der Waals surface area contributed by atoms with E-state index < -0.39 is 0 Å². The maximum absolute atomic E-state index is 2.52. The summed E-state index contributed by atoms with van der Waals surface area (Å²) in [6.07, 6.45) is 0. The first-order chi connectivity index (χ1) is 64.7. The van der Waals surface area contributed by atoms with E-state index in [9.17, 15) is 0 Å². The zero-order chi connectivity index (χ0) is 90.3. The Hall–Kier alpha value is -14.8. The summed E-state index contributed by atoms with van der Waals surface area (Å²) in [5.41, 5.74) is 52.3. The molecule has 30 rings (SSSR count). The van der Waals surface area contributed by atoms with Crippen LogP contribution in [0.3, 0.4) is 0 Å². The lowest BCUT2D eigenvalue weighted by atomic mass is 9.78. The molecule has 23 aromatic rings. The highest BCUT2D eigenvalue weighted by atomic mass is 14.5. The highest BCUT2D eigenvalue weighted by molar-refractivity contribution is 6.37. The van der Waals surface area contributed by atoms with Crippen LogP contribution in [0.2, 0.25) is 0 Å². The van der Waals surface area contributed by atoms with Gasteiger partial charge in [-0.2, -0.15) is 0 Å². The van der Waals surface area contributed by atoms with Crippen molar-refractivity contribution >= 4 is 97.0 Å². The molecule has 0 amide bonds. The second kappa shape index (κ2) is 26.6. The number of benzene rings is 23. The molecule has 0 bridgehead atoms. The number of hydrogen-bond acceptors (Lipinski definition) is 0. The lowest BCUT2D eigenvalue weighted by Gasteiger charge is -2.26. The monoisotopic (exact) mass is 1710 g/mol. The van der Waals surface area contributed by atoms with Crippen molar-refractivity contribution in [1.29, 1.82) is 0 Å². The Morgan fingerprint density at radius 1 is 0.142 bits per heavy atom. The molecule has 0 saturated heterocycles. The summed E-state index contributed by atoms with van der Waals surface area (Å²) in [6, 6.07) is 135. The Balaban J connectivity index is 0.000000100. The first-order valence-electron chi connectivity index (χ1n) is 48.4. The van der Waals surface area contributed by atoms with Crippen molar-refractivity contribution in [2.75, 3.05) is 0 Å². The minimum Gasteiger partial charge on any atom is -0.0622 e. The molecular formula is C134H100. The van der Waals surface area contributed by atoms with E-state index in [4.69, 9.17) is 0 Å². The molecular weight excluding hydrogens is 1610 g/mol. The van der Waals surface area contributed by atoms with Gasteiger partial charge in [0.05, 0.1) is 0 Å². The van der Waals surface area contributed by atoms with Crippen LogP contribution in [0, 0.1) is 0 Å². The molecule has 0 saturated carbocycles. The topological polar surface area (TPSA) is 0 Å². The van der Waals surface area contributed by atoms with Crippen LogP contribution in [0.25, 0.3) is 253 Å². The normalized spacial score (nSPS) is 14.9. The molecule has 134 heavy (non-hydrogen) atoms. The lowest BCUT2D eigenvalue weighted by Crippen LogP contribution is -2.16. The standard InChI is InChI=1S/C46H32.C45H40.C43H28/c1-45(2)38-11-7-5-9-29(38)31-18-15-26(22-40(31)45)28-17-16-27-21-37-34-23-36-30-10-6-8-12-39(30)46(3,4)41(36)24-35(34)33-20-14-25-13-19-32(28)42(27)43(25)44(33)37;1-43(2,3)30-19-28(20-31(22-30)44(4,5)6)27-17-26-14-13-25-15-16-33-35-24-39-36(32-11-9-10-12-38(32)45(39,7)8)23-34(35)37-21-29(18-27)40(26)41(25)42(33)37;1-43(2)38-16-10-9-15-28(38)35-22-33-34(24-39(35)43)30-20-18-27-17-19-29-31(25-11-5-3-6-12-25)21-32(26-13-7-4-8-14-26)36-23-37(33)42(30)40(27)41(29)36/h5-24H,1-4H3;9-24H,1-8H3;3-24H,1-2H3. The van der Waals surface area contributed by atoms with E-state index in [0.717, 1.165) is 0 Å². The number of hydrogen-bond donors (Lipinski definition) is 0. The van der Waals surface area contributed by atoms with Crippen LogP contribution in [-0.2, 0) is 32.5 Å². The molecule has 0 radical (unpaired) electrons. The maximum Gasteiger partial charge on any atom is 0.0159 e. The Morgan fingerprint density at radius 2 is 0.455 bits per heavy atom. The van der Waals surface area contributed by atoms with Crippen LogP contribution < -0.4 is 0 Å². The number of rotatable bonds is 4. The van der Waals surface area contributed by atoms with E-state index in [0.29, 0.717) is 0 Å². The molecule has 0 spiro atoms. The zero-order valence-electron chi connectivity index (χ0n) is 78.5. The summed E-state index contributed by atoms with van der Waals surface area (Å²) < 4.78 is 0. The second-order valence-electron chi connectivity index (χ2n) is 44.0. The van der Waals surface area contributed by atoms with E-state index in [1.54, 1.807) is 0 Å². The molecule has 0 unspecified atom stereocenters. The van der Waals surface area contributed by atoms with Crippen LogP contribution in [0.4, 0.5) is 0 Å². The summed E-state index contributed by atoms with van der Waals surface area (Å²) in [5, 5.41) is 24.6. The second-order valence-corrected chi connectivity index (χ2v) is 44.0. The van der Waals surface area contributed by atoms with Gasteiger partial charge in [0.1, 0.15) is 0 Å². The van der Waals surface area contributed by atoms with Gasteiger partial charge in [0.15, 0.2) is 0 Å². The van der Waals surface area contributed by atoms with Crippen LogP contribution in [0.1, 0.15) is 153 Å². The van der Waals surface area contributed by atoms with Crippen LogP contribution in [0.15, 0.2) is 352 Å². The van der Waals surface area contributed by atoms with Gasteiger partial charge in [-0.05, 0) is 398 Å². The Kier molecular flexibility index (Phi) is 15.4. The van der Waals surface area contributed by atoms with Crippen molar-refractivity contribution in [3.63, 3.8) is 0 Å². The van der Waals surface area contributed by atoms with Gasteiger partial charge in [0.2, 0.25) is 0 Å². The predicted octanol–water partition coefficient (Wildman–Crippen LogP) is 37.2.